The Morgan fingerprint density at radius 3 is 2.20 bits per heavy atom. The normalized spacial score (nSPS) is 9.85. The zero-order chi connectivity index (χ0) is 14.7. The van der Waals surface area contributed by atoms with Gasteiger partial charge < -0.3 is 11.1 Å². The number of nitrogens with one attached hydrogen (secondary N) is 1. The highest BCUT2D eigenvalue weighted by Gasteiger charge is 2.11. The van der Waals surface area contributed by atoms with Crippen LogP contribution in [0.1, 0.15) is 15.9 Å². The fourth-order valence-corrected chi connectivity index (χ4v) is 2.03. The number of halogens is 2. The first kappa shape index (κ1) is 14.2. The quantitative estimate of drug-likeness (QED) is 0.830. The molecule has 20 heavy (non-hydrogen) atoms. The highest BCUT2D eigenvalue weighted by Crippen LogP contribution is 2.29. The lowest BCUT2D eigenvalue weighted by molar-refractivity contribution is 0.102. The summed E-state index contributed by atoms with van der Waals surface area (Å²) in [7, 11) is 0. The standard InChI is InChI=1S/C14H9Cl2N3O/c15-11-5-9(6-12(16)13(11)18)14(20)19-10-3-1-8(7-17)2-4-10/h1-6H,18H2,(H,19,20). The van der Waals surface area contributed by atoms with Crippen molar-refractivity contribution in [2.75, 3.05) is 11.1 Å². The first-order valence-corrected chi connectivity index (χ1v) is 6.33. The highest BCUT2D eigenvalue weighted by molar-refractivity contribution is 6.39. The summed E-state index contributed by atoms with van der Waals surface area (Å²) in [6, 6.07) is 11.4. The largest absolute Gasteiger partial charge is 0.396 e. The highest BCUT2D eigenvalue weighted by atomic mass is 35.5. The minimum atomic E-state index is -0.362. The van der Waals surface area contributed by atoms with Gasteiger partial charge in [-0.25, -0.2) is 0 Å². The predicted octanol–water partition coefficient (Wildman–Crippen LogP) is 3.70. The van der Waals surface area contributed by atoms with Crippen LogP contribution in [-0.4, -0.2) is 5.91 Å². The van der Waals surface area contributed by atoms with Crippen molar-refractivity contribution in [3.63, 3.8) is 0 Å². The van der Waals surface area contributed by atoms with Crippen molar-refractivity contribution in [3.05, 3.63) is 57.6 Å². The van der Waals surface area contributed by atoms with E-state index in [0.29, 0.717) is 16.8 Å². The molecular formula is C14H9Cl2N3O. The van der Waals surface area contributed by atoms with Crippen molar-refractivity contribution in [2.45, 2.75) is 0 Å². The van der Waals surface area contributed by atoms with Crippen LogP contribution >= 0.6 is 23.2 Å². The average Bonchev–Trinajstić information content (AvgIpc) is 2.45. The minimum Gasteiger partial charge on any atom is -0.396 e. The Morgan fingerprint density at radius 2 is 1.70 bits per heavy atom. The molecule has 0 saturated heterocycles. The molecule has 0 heterocycles. The maximum atomic E-state index is 12.1. The number of hydrogen-bond acceptors (Lipinski definition) is 3. The number of carbonyl (C=O) groups excluding carboxylic acids is 1. The van der Waals surface area contributed by atoms with E-state index in [9.17, 15) is 4.79 Å². The lowest BCUT2D eigenvalue weighted by atomic mass is 10.1. The molecular weight excluding hydrogens is 297 g/mol. The van der Waals surface area contributed by atoms with E-state index >= 15 is 0 Å². The molecule has 6 heteroatoms. The molecule has 2 aromatic rings. The Bertz CT molecular complexity index is 682. The van der Waals surface area contributed by atoms with Gasteiger partial charge >= 0.3 is 0 Å². The number of nitrogens with two attached hydrogens (primary N) is 1. The van der Waals surface area contributed by atoms with Crippen molar-refractivity contribution in [1.82, 2.24) is 0 Å². The summed E-state index contributed by atoms with van der Waals surface area (Å²) < 4.78 is 0. The number of hydrogen-bond donors (Lipinski definition) is 2. The number of anilines is 2. The van der Waals surface area contributed by atoms with Crippen molar-refractivity contribution >= 4 is 40.5 Å². The van der Waals surface area contributed by atoms with E-state index in [4.69, 9.17) is 34.2 Å². The number of benzene rings is 2. The number of amides is 1. The van der Waals surface area contributed by atoms with Gasteiger partial charge in [-0.05, 0) is 36.4 Å². The van der Waals surface area contributed by atoms with E-state index in [2.05, 4.69) is 5.32 Å². The van der Waals surface area contributed by atoms with Gasteiger partial charge in [0.2, 0.25) is 0 Å². The van der Waals surface area contributed by atoms with E-state index in [1.54, 1.807) is 24.3 Å². The van der Waals surface area contributed by atoms with Gasteiger partial charge in [-0.1, -0.05) is 23.2 Å². The molecule has 3 N–H and O–H groups in total. The van der Waals surface area contributed by atoms with Gasteiger partial charge in [-0.2, -0.15) is 5.26 Å². The Morgan fingerprint density at radius 1 is 1.15 bits per heavy atom. The molecule has 1 amide bonds. The molecule has 4 nitrogen and oxygen atoms in total. The Kier molecular flexibility index (Phi) is 4.14. The molecule has 0 spiro atoms. The Balaban J connectivity index is 2.21. The van der Waals surface area contributed by atoms with Gasteiger partial charge in [-0.15, -0.1) is 0 Å². The van der Waals surface area contributed by atoms with Gasteiger partial charge in [0.1, 0.15) is 0 Å². The van der Waals surface area contributed by atoms with Crippen LogP contribution in [-0.2, 0) is 0 Å². The van der Waals surface area contributed by atoms with Gasteiger partial charge in [0.05, 0.1) is 27.4 Å². The maximum Gasteiger partial charge on any atom is 0.255 e. The molecule has 0 atom stereocenters. The van der Waals surface area contributed by atoms with Crippen molar-refractivity contribution in [1.29, 1.82) is 5.26 Å². The zero-order valence-electron chi connectivity index (χ0n) is 10.2. The first-order valence-electron chi connectivity index (χ1n) is 5.57. The van der Waals surface area contributed by atoms with Gasteiger partial charge in [-0.3, -0.25) is 4.79 Å². The molecule has 0 fully saturated rings. The molecule has 2 aromatic carbocycles. The minimum absolute atomic E-state index is 0.225. The predicted molar refractivity (Wildman–Crippen MR) is 80.0 cm³/mol. The van der Waals surface area contributed by atoms with Crippen molar-refractivity contribution < 1.29 is 4.79 Å². The third-order valence-corrected chi connectivity index (χ3v) is 3.24. The molecule has 0 bridgehead atoms. The van der Waals surface area contributed by atoms with Gasteiger partial charge in [0.25, 0.3) is 5.91 Å². The van der Waals surface area contributed by atoms with Crippen LogP contribution < -0.4 is 11.1 Å². The third-order valence-electron chi connectivity index (χ3n) is 2.61. The fraction of sp³-hybridized carbons (Fsp3) is 0. The molecule has 0 aliphatic rings. The van der Waals surface area contributed by atoms with E-state index < -0.39 is 0 Å². The summed E-state index contributed by atoms with van der Waals surface area (Å²) in [5.41, 5.74) is 7.24. The summed E-state index contributed by atoms with van der Waals surface area (Å²) >= 11 is 11.8. The number of nitrogen functional groups attached to an aromatic ring is 1. The SMILES string of the molecule is N#Cc1ccc(NC(=O)c2cc(Cl)c(N)c(Cl)c2)cc1. The number of carbonyl (C=O) groups is 1. The smallest absolute Gasteiger partial charge is 0.255 e. The van der Waals surface area contributed by atoms with E-state index in [1.165, 1.54) is 12.1 Å². The van der Waals surface area contributed by atoms with Crippen LogP contribution in [0.5, 0.6) is 0 Å². The monoisotopic (exact) mass is 305 g/mol. The molecule has 0 saturated carbocycles. The van der Waals surface area contributed by atoms with E-state index in [1.807, 2.05) is 6.07 Å². The van der Waals surface area contributed by atoms with E-state index in [-0.39, 0.29) is 21.6 Å². The summed E-state index contributed by atoms with van der Waals surface area (Å²) in [5.74, 6) is -0.362. The lowest BCUT2D eigenvalue weighted by Crippen LogP contribution is -2.12. The number of nitrogens with zero attached hydrogens (tertiary/aromatic N) is 1. The molecule has 0 radical (unpaired) electrons. The molecule has 2 rings (SSSR count). The van der Waals surface area contributed by atoms with Crippen LogP contribution in [0.15, 0.2) is 36.4 Å². The van der Waals surface area contributed by atoms with Gasteiger partial charge in [0, 0.05) is 11.3 Å². The molecule has 100 valence electrons. The number of nitriles is 1. The van der Waals surface area contributed by atoms with E-state index in [0.717, 1.165) is 0 Å². The second kappa shape index (κ2) is 5.83. The molecule has 0 unspecified atom stereocenters. The summed E-state index contributed by atoms with van der Waals surface area (Å²) in [6.07, 6.45) is 0. The topological polar surface area (TPSA) is 78.9 Å². The van der Waals surface area contributed by atoms with Crippen molar-refractivity contribution in [3.8, 4) is 6.07 Å². The third kappa shape index (κ3) is 3.02. The van der Waals surface area contributed by atoms with Crippen LogP contribution in [0.25, 0.3) is 0 Å². The summed E-state index contributed by atoms with van der Waals surface area (Å²) in [6.45, 7) is 0. The lowest BCUT2D eigenvalue weighted by Gasteiger charge is -2.08. The Labute approximate surface area is 125 Å². The second-order valence-electron chi connectivity index (χ2n) is 4.00. The fourth-order valence-electron chi connectivity index (χ4n) is 1.55. The summed E-state index contributed by atoms with van der Waals surface area (Å²) in [4.78, 5) is 12.1. The summed E-state index contributed by atoms with van der Waals surface area (Å²) in [5, 5.41) is 11.8. The Hall–Kier alpha value is -2.22. The number of rotatable bonds is 2. The van der Waals surface area contributed by atoms with Crippen LogP contribution in [0.3, 0.4) is 0 Å². The average molecular weight is 306 g/mol. The van der Waals surface area contributed by atoms with Crippen LogP contribution in [0.2, 0.25) is 10.0 Å². The first-order chi connectivity index (χ1) is 9.51. The second-order valence-corrected chi connectivity index (χ2v) is 4.81. The van der Waals surface area contributed by atoms with Crippen LogP contribution in [0, 0.1) is 11.3 Å². The molecule has 0 aromatic heterocycles. The van der Waals surface area contributed by atoms with Crippen molar-refractivity contribution in [2.24, 2.45) is 0 Å². The molecule has 0 aliphatic heterocycles. The van der Waals surface area contributed by atoms with Gasteiger partial charge in [0.15, 0.2) is 0 Å². The van der Waals surface area contributed by atoms with Crippen LogP contribution in [0.4, 0.5) is 11.4 Å². The molecule has 0 aliphatic carbocycles. The zero-order valence-corrected chi connectivity index (χ0v) is 11.7. The maximum absolute atomic E-state index is 12.1.